The molecule has 3 aromatic rings. The summed E-state index contributed by atoms with van der Waals surface area (Å²) in [7, 11) is 0. The van der Waals surface area contributed by atoms with Crippen molar-refractivity contribution in [2.75, 3.05) is 5.75 Å². The molecule has 0 atom stereocenters. The van der Waals surface area contributed by atoms with Crippen LogP contribution in [0.1, 0.15) is 18.2 Å². The van der Waals surface area contributed by atoms with Gasteiger partial charge in [0.25, 0.3) is 0 Å². The van der Waals surface area contributed by atoms with E-state index in [0.29, 0.717) is 34.8 Å². The van der Waals surface area contributed by atoms with Crippen LogP contribution in [-0.2, 0) is 6.42 Å². The van der Waals surface area contributed by atoms with Crippen molar-refractivity contribution in [1.29, 1.82) is 0 Å². The molecule has 0 fully saturated rings. The Labute approximate surface area is 149 Å². The topological polar surface area (TPSA) is 91.8 Å². The van der Waals surface area contributed by atoms with Crippen LogP contribution < -0.4 is 4.74 Å². The van der Waals surface area contributed by atoms with Gasteiger partial charge in [-0.2, -0.15) is 4.68 Å². The number of alkyl halides is 3. The fourth-order valence-electron chi connectivity index (χ4n) is 2.05. The monoisotopic (exact) mass is 386 g/mol. The van der Waals surface area contributed by atoms with Crippen molar-refractivity contribution in [3.63, 3.8) is 0 Å². The standard InChI is InChI=1S/C14H13F3N6O2S/c1-9-18-19-12(24-9)3-2-8-26-13-20-21-22-23(13)10-4-6-11(7-5-10)25-14(15,16)17/h4-7H,2-3,8H2,1H3. The highest BCUT2D eigenvalue weighted by Gasteiger charge is 2.31. The molecule has 0 unspecified atom stereocenters. The average Bonchev–Trinajstić information content (AvgIpc) is 3.20. The molecule has 0 aliphatic carbocycles. The van der Waals surface area contributed by atoms with Gasteiger partial charge in [0.05, 0.1) is 5.69 Å². The lowest BCUT2D eigenvalue weighted by molar-refractivity contribution is -0.274. The van der Waals surface area contributed by atoms with Gasteiger partial charge in [0.2, 0.25) is 16.9 Å². The maximum absolute atomic E-state index is 12.2. The summed E-state index contributed by atoms with van der Waals surface area (Å²) in [5.74, 6) is 1.49. The van der Waals surface area contributed by atoms with Gasteiger partial charge in [-0.25, -0.2) is 0 Å². The van der Waals surface area contributed by atoms with Crippen molar-refractivity contribution in [1.82, 2.24) is 30.4 Å². The molecule has 0 saturated carbocycles. The molecule has 0 spiro atoms. The predicted octanol–water partition coefficient (Wildman–Crippen LogP) is 2.98. The van der Waals surface area contributed by atoms with Gasteiger partial charge >= 0.3 is 6.36 Å². The lowest BCUT2D eigenvalue weighted by Crippen LogP contribution is -2.17. The summed E-state index contributed by atoms with van der Waals surface area (Å²) >= 11 is 1.41. The van der Waals surface area contributed by atoms with Crippen LogP contribution in [0.4, 0.5) is 13.2 Å². The maximum Gasteiger partial charge on any atom is 0.573 e. The normalized spacial score (nSPS) is 11.7. The second kappa shape index (κ2) is 7.72. The van der Waals surface area contributed by atoms with Crippen molar-refractivity contribution in [3.8, 4) is 11.4 Å². The number of hydrogen-bond acceptors (Lipinski definition) is 8. The second-order valence-electron chi connectivity index (χ2n) is 5.08. The van der Waals surface area contributed by atoms with E-state index in [4.69, 9.17) is 4.42 Å². The Balaban J connectivity index is 1.57. The first kappa shape index (κ1) is 18.2. The average molecular weight is 386 g/mol. The Hall–Kier alpha value is -2.63. The van der Waals surface area contributed by atoms with Gasteiger partial charge in [-0.05, 0) is 41.1 Å². The van der Waals surface area contributed by atoms with Gasteiger partial charge in [-0.15, -0.1) is 28.5 Å². The van der Waals surface area contributed by atoms with E-state index >= 15 is 0 Å². The number of aryl methyl sites for hydroxylation is 2. The highest BCUT2D eigenvalue weighted by atomic mass is 32.2. The summed E-state index contributed by atoms with van der Waals surface area (Å²) in [6.45, 7) is 1.73. The molecule has 0 N–H and O–H groups in total. The first-order chi connectivity index (χ1) is 12.4. The van der Waals surface area contributed by atoms with Crippen molar-refractivity contribution in [2.24, 2.45) is 0 Å². The van der Waals surface area contributed by atoms with E-state index in [1.54, 1.807) is 6.92 Å². The molecule has 0 aliphatic rings. The fourth-order valence-corrected chi connectivity index (χ4v) is 2.88. The summed E-state index contributed by atoms with van der Waals surface area (Å²) in [5, 5.41) is 19.6. The van der Waals surface area contributed by atoms with Gasteiger partial charge in [0.15, 0.2) is 0 Å². The first-order valence-electron chi connectivity index (χ1n) is 7.47. The quantitative estimate of drug-likeness (QED) is 0.452. The van der Waals surface area contributed by atoms with Crippen molar-refractivity contribution >= 4 is 11.8 Å². The summed E-state index contributed by atoms with van der Waals surface area (Å²) < 4.78 is 47.2. The fraction of sp³-hybridized carbons (Fsp3) is 0.357. The Morgan fingerprint density at radius 1 is 1.15 bits per heavy atom. The number of tetrazole rings is 1. The minimum absolute atomic E-state index is 0.307. The van der Waals surface area contributed by atoms with Gasteiger partial charge in [0, 0.05) is 19.1 Å². The molecule has 8 nitrogen and oxygen atoms in total. The van der Waals surface area contributed by atoms with Crippen molar-refractivity contribution in [2.45, 2.75) is 31.3 Å². The first-order valence-corrected chi connectivity index (χ1v) is 8.45. The van der Waals surface area contributed by atoms with Crippen LogP contribution in [-0.4, -0.2) is 42.5 Å². The Morgan fingerprint density at radius 3 is 2.58 bits per heavy atom. The molecule has 1 aromatic carbocycles. The van der Waals surface area contributed by atoms with Crippen LogP contribution >= 0.6 is 11.8 Å². The maximum atomic E-state index is 12.2. The zero-order valence-corrected chi connectivity index (χ0v) is 14.3. The second-order valence-corrected chi connectivity index (χ2v) is 6.14. The molecule has 3 rings (SSSR count). The third kappa shape index (κ3) is 4.94. The van der Waals surface area contributed by atoms with E-state index in [2.05, 4.69) is 30.5 Å². The van der Waals surface area contributed by atoms with E-state index in [1.165, 1.54) is 40.7 Å². The van der Waals surface area contributed by atoms with Gasteiger partial charge in [-0.3, -0.25) is 0 Å². The Kier molecular flexibility index (Phi) is 5.40. The molecule has 26 heavy (non-hydrogen) atoms. The Morgan fingerprint density at radius 2 is 1.92 bits per heavy atom. The lowest BCUT2D eigenvalue weighted by Gasteiger charge is -2.09. The van der Waals surface area contributed by atoms with Crippen LogP contribution in [0.2, 0.25) is 0 Å². The predicted molar refractivity (Wildman–Crippen MR) is 83.9 cm³/mol. The van der Waals surface area contributed by atoms with Crippen LogP contribution in [0.5, 0.6) is 5.75 Å². The third-order valence-electron chi connectivity index (χ3n) is 3.09. The van der Waals surface area contributed by atoms with Gasteiger partial charge in [0.1, 0.15) is 5.75 Å². The number of thioether (sulfide) groups is 1. The Bertz CT molecular complexity index is 849. The highest BCUT2D eigenvalue weighted by Crippen LogP contribution is 2.25. The summed E-state index contributed by atoms with van der Waals surface area (Å²) in [4.78, 5) is 0. The van der Waals surface area contributed by atoms with E-state index in [1.807, 2.05) is 0 Å². The molecule has 0 bridgehead atoms. The number of benzene rings is 1. The molecule has 138 valence electrons. The largest absolute Gasteiger partial charge is 0.573 e. The van der Waals surface area contributed by atoms with E-state index < -0.39 is 6.36 Å². The minimum Gasteiger partial charge on any atom is -0.426 e. The lowest BCUT2D eigenvalue weighted by atomic mass is 10.3. The summed E-state index contributed by atoms with van der Waals surface area (Å²) in [6.07, 6.45) is -3.31. The molecular weight excluding hydrogens is 373 g/mol. The number of nitrogens with zero attached hydrogens (tertiary/aromatic N) is 6. The van der Waals surface area contributed by atoms with Crippen LogP contribution in [0.25, 0.3) is 5.69 Å². The number of ether oxygens (including phenoxy) is 1. The molecule has 0 aliphatic heterocycles. The molecule has 2 heterocycles. The van der Waals surface area contributed by atoms with Crippen LogP contribution in [0, 0.1) is 6.92 Å². The number of aromatic nitrogens is 6. The van der Waals surface area contributed by atoms with Crippen molar-refractivity contribution < 1.29 is 22.3 Å². The van der Waals surface area contributed by atoms with Crippen LogP contribution in [0.15, 0.2) is 33.8 Å². The smallest absolute Gasteiger partial charge is 0.426 e. The number of halogens is 3. The van der Waals surface area contributed by atoms with E-state index in [9.17, 15) is 13.2 Å². The van der Waals surface area contributed by atoms with Crippen molar-refractivity contribution in [3.05, 3.63) is 36.0 Å². The molecule has 12 heteroatoms. The molecule has 0 radical (unpaired) electrons. The van der Waals surface area contributed by atoms with E-state index in [0.717, 1.165) is 6.42 Å². The molecular formula is C14H13F3N6O2S. The summed E-state index contributed by atoms with van der Waals surface area (Å²) in [6, 6.07) is 5.30. The number of hydrogen-bond donors (Lipinski definition) is 0. The minimum atomic E-state index is -4.73. The molecule has 0 saturated heterocycles. The number of rotatable bonds is 7. The molecule has 0 amide bonds. The van der Waals surface area contributed by atoms with Gasteiger partial charge in [-0.1, -0.05) is 11.8 Å². The zero-order chi connectivity index (χ0) is 18.6. The summed E-state index contributed by atoms with van der Waals surface area (Å²) in [5.41, 5.74) is 0.527. The third-order valence-corrected chi connectivity index (χ3v) is 4.10. The SMILES string of the molecule is Cc1nnc(CCCSc2nnnn2-c2ccc(OC(F)(F)F)cc2)o1. The zero-order valence-electron chi connectivity index (χ0n) is 13.5. The van der Waals surface area contributed by atoms with Crippen LogP contribution in [0.3, 0.4) is 0 Å². The van der Waals surface area contributed by atoms with E-state index in [-0.39, 0.29) is 5.75 Å². The molecule has 2 aromatic heterocycles. The van der Waals surface area contributed by atoms with Gasteiger partial charge < -0.3 is 9.15 Å². The highest BCUT2D eigenvalue weighted by molar-refractivity contribution is 7.99.